The van der Waals surface area contributed by atoms with Gasteiger partial charge in [-0.05, 0) is 29.7 Å². The molecule has 0 heterocycles. The van der Waals surface area contributed by atoms with Gasteiger partial charge in [-0.3, -0.25) is 4.79 Å². The molecule has 3 rings (SSSR count). The van der Waals surface area contributed by atoms with Crippen LogP contribution in [-0.4, -0.2) is 5.78 Å². The van der Waals surface area contributed by atoms with Crippen molar-refractivity contribution in [2.45, 2.75) is 19.4 Å². The average Bonchev–Trinajstić information content (AvgIpc) is 2.68. The zero-order valence-electron chi connectivity index (χ0n) is 14.1. The number of ketones is 1. The Morgan fingerprint density at radius 2 is 1.58 bits per heavy atom. The monoisotopic (exact) mass is 352 g/mol. The Hall–Kier alpha value is -3.01. The largest absolute Gasteiger partial charge is 0.486 e. The molecule has 0 aliphatic heterocycles. The lowest BCUT2D eigenvalue weighted by Crippen LogP contribution is -2.02. The average molecular weight is 352 g/mol. The van der Waals surface area contributed by atoms with Crippen LogP contribution < -0.4 is 4.74 Å². The highest BCUT2D eigenvalue weighted by atomic mass is 19.1. The summed E-state index contributed by atoms with van der Waals surface area (Å²) in [5.41, 5.74) is 2.53. The number of rotatable bonds is 7. The zero-order valence-corrected chi connectivity index (χ0v) is 14.1. The third-order valence-electron chi connectivity index (χ3n) is 4.05. The second-order valence-corrected chi connectivity index (χ2v) is 5.97. The van der Waals surface area contributed by atoms with E-state index in [9.17, 15) is 13.6 Å². The van der Waals surface area contributed by atoms with Gasteiger partial charge >= 0.3 is 0 Å². The molecule has 3 aromatic rings. The van der Waals surface area contributed by atoms with Gasteiger partial charge in [-0.2, -0.15) is 0 Å². The summed E-state index contributed by atoms with van der Waals surface area (Å²) < 4.78 is 32.0. The van der Waals surface area contributed by atoms with Crippen LogP contribution in [0.3, 0.4) is 0 Å². The van der Waals surface area contributed by atoms with Crippen molar-refractivity contribution in [2.75, 3.05) is 0 Å². The summed E-state index contributed by atoms with van der Waals surface area (Å²) in [6.45, 7) is 0.0961. The van der Waals surface area contributed by atoms with Crippen molar-refractivity contribution in [3.63, 3.8) is 0 Å². The highest BCUT2D eigenvalue weighted by molar-refractivity contribution is 5.96. The second-order valence-electron chi connectivity index (χ2n) is 5.97. The number of hydrogen-bond acceptors (Lipinski definition) is 2. The smallest absolute Gasteiger partial charge is 0.165 e. The summed E-state index contributed by atoms with van der Waals surface area (Å²) in [6, 6.07) is 19.9. The summed E-state index contributed by atoms with van der Waals surface area (Å²) in [5.74, 6) is -1.23. The van der Waals surface area contributed by atoms with Crippen molar-refractivity contribution >= 4 is 5.78 Å². The fourth-order valence-corrected chi connectivity index (χ4v) is 2.58. The molecule has 0 saturated heterocycles. The molecule has 0 aliphatic carbocycles. The van der Waals surface area contributed by atoms with Crippen LogP contribution in [0.15, 0.2) is 72.8 Å². The molecule has 0 amide bonds. The first kappa shape index (κ1) is 17.8. The molecule has 0 aliphatic rings. The van der Waals surface area contributed by atoms with E-state index >= 15 is 0 Å². The van der Waals surface area contributed by atoms with Gasteiger partial charge in [-0.1, -0.05) is 54.6 Å². The molecule has 0 atom stereocenters. The van der Waals surface area contributed by atoms with Gasteiger partial charge in [0.2, 0.25) is 0 Å². The van der Waals surface area contributed by atoms with Crippen LogP contribution in [0.25, 0.3) is 0 Å². The fraction of sp³-hybridized carbons (Fsp3) is 0.136. The van der Waals surface area contributed by atoms with Gasteiger partial charge in [0.1, 0.15) is 12.4 Å². The molecule has 0 saturated carbocycles. The second kappa shape index (κ2) is 8.39. The van der Waals surface area contributed by atoms with Crippen LogP contribution in [0.5, 0.6) is 5.75 Å². The Labute approximate surface area is 151 Å². The number of halogens is 2. The van der Waals surface area contributed by atoms with Gasteiger partial charge in [0.05, 0.1) is 0 Å². The van der Waals surface area contributed by atoms with Gasteiger partial charge < -0.3 is 4.74 Å². The van der Waals surface area contributed by atoms with Crippen LogP contribution in [0.4, 0.5) is 8.78 Å². The minimum Gasteiger partial charge on any atom is -0.486 e. The maximum absolute atomic E-state index is 13.5. The molecular formula is C22H18F2O2. The minimum absolute atomic E-state index is 0.0671. The highest BCUT2D eigenvalue weighted by Crippen LogP contribution is 2.19. The Bertz CT molecular complexity index is 874. The van der Waals surface area contributed by atoms with E-state index in [1.54, 1.807) is 24.3 Å². The Morgan fingerprint density at radius 3 is 2.31 bits per heavy atom. The molecule has 3 aromatic carbocycles. The molecule has 132 valence electrons. The summed E-state index contributed by atoms with van der Waals surface area (Å²) in [4.78, 5) is 12.3. The lowest BCUT2D eigenvalue weighted by Gasteiger charge is -2.08. The molecule has 0 unspecified atom stereocenters. The molecular weight excluding hydrogens is 334 g/mol. The molecule has 0 radical (unpaired) electrons. The number of aryl methyl sites for hydroxylation is 1. The standard InChI is InChI=1S/C22H18F2O2/c23-19-11-12-20(24)22(14-19)26-15-17-6-9-18(10-7-17)21(25)13-8-16-4-2-1-3-5-16/h1-7,9-12,14H,8,13,15H2. The summed E-state index contributed by atoms with van der Waals surface area (Å²) in [5, 5.41) is 0. The number of hydrogen-bond donors (Lipinski definition) is 0. The number of ether oxygens (including phenoxy) is 1. The summed E-state index contributed by atoms with van der Waals surface area (Å²) in [6.07, 6.45) is 1.14. The lowest BCUT2D eigenvalue weighted by atomic mass is 10.0. The quantitative estimate of drug-likeness (QED) is 0.535. The first-order chi connectivity index (χ1) is 12.6. The molecule has 26 heavy (non-hydrogen) atoms. The number of carbonyl (C=O) groups is 1. The number of Topliss-reactive ketones (excluding diaryl/α,β-unsaturated/α-hetero) is 1. The third-order valence-corrected chi connectivity index (χ3v) is 4.05. The molecule has 0 fully saturated rings. The van der Waals surface area contributed by atoms with Crippen LogP contribution in [0.1, 0.15) is 27.9 Å². The molecule has 0 spiro atoms. The molecule has 0 bridgehead atoms. The third kappa shape index (κ3) is 4.76. The van der Waals surface area contributed by atoms with E-state index in [4.69, 9.17) is 4.74 Å². The van der Waals surface area contributed by atoms with Gasteiger partial charge in [-0.15, -0.1) is 0 Å². The van der Waals surface area contributed by atoms with E-state index in [1.165, 1.54) is 0 Å². The van der Waals surface area contributed by atoms with Crippen LogP contribution in [-0.2, 0) is 13.0 Å². The Kier molecular flexibility index (Phi) is 5.74. The van der Waals surface area contributed by atoms with E-state index in [0.717, 1.165) is 29.3 Å². The van der Waals surface area contributed by atoms with Gasteiger partial charge in [0, 0.05) is 18.1 Å². The lowest BCUT2D eigenvalue weighted by molar-refractivity contribution is 0.0983. The zero-order chi connectivity index (χ0) is 18.4. The van der Waals surface area contributed by atoms with E-state index < -0.39 is 11.6 Å². The first-order valence-corrected chi connectivity index (χ1v) is 8.36. The van der Waals surface area contributed by atoms with E-state index in [-0.39, 0.29) is 18.1 Å². The molecule has 4 heteroatoms. The maximum Gasteiger partial charge on any atom is 0.165 e. The fourth-order valence-electron chi connectivity index (χ4n) is 2.58. The minimum atomic E-state index is -0.612. The van der Waals surface area contributed by atoms with Crippen LogP contribution in [0.2, 0.25) is 0 Å². The van der Waals surface area contributed by atoms with Crippen molar-refractivity contribution in [3.8, 4) is 5.75 Å². The van der Waals surface area contributed by atoms with Gasteiger partial charge in [0.15, 0.2) is 17.3 Å². The van der Waals surface area contributed by atoms with E-state index in [1.807, 2.05) is 30.3 Å². The predicted molar refractivity (Wildman–Crippen MR) is 96.2 cm³/mol. The summed E-state index contributed by atoms with van der Waals surface area (Å²) >= 11 is 0. The van der Waals surface area contributed by atoms with Gasteiger partial charge in [-0.25, -0.2) is 8.78 Å². The number of benzene rings is 3. The van der Waals surface area contributed by atoms with Crippen LogP contribution in [0, 0.1) is 11.6 Å². The van der Waals surface area contributed by atoms with Crippen molar-refractivity contribution in [1.29, 1.82) is 0 Å². The Morgan fingerprint density at radius 1 is 0.846 bits per heavy atom. The van der Waals surface area contributed by atoms with Crippen molar-refractivity contribution in [2.24, 2.45) is 0 Å². The Balaban J connectivity index is 1.56. The SMILES string of the molecule is O=C(CCc1ccccc1)c1ccc(COc2cc(F)ccc2F)cc1. The summed E-state index contributed by atoms with van der Waals surface area (Å²) in [7, 11) is 0. The van der Waals surface area contributed by atoms with Crippen molar-refractivity contribution in [3.05, 3.63) is 101 Å². The first-order valence-electron chi connectivity index (χ1n) is 8.36. The topological polar surface area (TPSA) is 26.3 Å². The van der Waals surface area contributed by atoms with Crippen molar-refractivity contribution < 1.29 is 18.3 Å². The van der Waals surface area contributed by atoms with Crippen LogP contribution >= 0.6 is 0 Å². The predicted octanol–water partition coefficient (Wildman–Crippen LogP) is 5.36. The van der Waals surface area contributed by atoms with E-state index in [0.29, 0.717) is 18.4 Å². The maximum atomic E-state index is 13.5. The van der Waals surface area contributed by atoms with E-state index in [2.05, 4.69) is 0 Å². The molecule has 2 nitrogen and oxygen atoms in total. The molecule has 0 N–H and O–H groups in total. The number of carbonyl (C=O) groups excluding carboxylic acids is 1. The van der Waals surface area contributed by atoms with Gasteiger partial charge in [0.25, 0.3) is 0 Å². The normalized spacial score (nSPS) is 10.5. The highest BCUT2D eigenvalue weighted by Gasteiger charge is 2.08. The molecule has 0 aromatic heterocycles. The van der Waals surface area contributed by atoms with Crippen molar-refractivity contribution in [1.82, 2.24) is 0 Å².